The Morgan fingerprint density at radius 2 is 1.70 bits per heavy atom. The molecule has 2 aromatic rings. The van der Waals surface area contributed by atoms with Gasteiger partial charge in [-0.2, -0.15) is 0 Å². The van der Waals surface area contributed by atoms with Crippen LogP contribution in [0.5, 0.6) is 0 Å². The van der Waals surface area contributed by atoms with Gasteiger partial charge in [-0.25, -0.2) is 8.42 Å². The number of terminal acetylenes is 1. The van der Waals surface area contributed by atoms with E-state index in [-0.39, 0.29) is 14.9 Å². The van der Waals surface area contributed by atoms with Crippen LogP contribution in [-0.2, 0) is 10.0 Å². The Hall–Kier alpha value is -1.67. The minimum atomic E-state index is -3.77. The Morgan fingerprint density at radius 3 is 2.30 bits per heavy atom. The summed E-state index contributed by atoms with van der Waals surface area (Å²) in [5.74, 6) is 2.43. The number of hydrogen-bond donors (Lipinski definition) is 1. The molecule has 20 heavy (non-hydrogen) atoms. The molecule has 0 radical (unpaired) electrons. The number of hydrogen-bond acceptors (Lipinski definition) is 2. The highest BCUT2D eigenvalue weighted by Gasteiger charge is 2.15. The van der Waals surface area contributed by atoms with Crippen molar-refractivity contribution >= 4 is 38.9 Å². The second-order valence-corrected chi connectivity index (χ2v) is 6.49. The van der Waals surface area contributed by atoms with E-state index in [2.05, 4.69) is 10.6 Å². The molecule has 0 aliphatic carbocycles. The fraction of sp³-hybridized carbons (Fsp3) is 0. The lowest BCUT2D eigenvalue weighted by atomic mass is 10.2. The molecule has 0 aromatic heterocycles. The molecule has 2 aromatic carbocycles. The summed E-state index contributed by atoms with van der Waals surface area (Å²) in [4.78, 5) is -0.0129. The van der Waals surface area contributed by atoms with Crippen LogP contribution in [0.4, 0.5) is 5.69 Å². The van der Waals surface area contributed by atoms with Crippen LogP contribution < -0.4 is 4.72 Å². The summed E-state index contributed by atoms with van der Waals surface area (Å²) < 4.78 is 26.9. The molecule has 0 unspecified atom stereocenters. The number of anilines is 1. The molecular formula is C14H9Cl2NO2S. The Bertz CT molecular complexity index is 775. The van der Waals surface area contributed by atoms with Crippen molar-refractivity contribution in [3.8, 4) is 12.3 Å². The first-order valence-electron chi connectivity index (χ1n) is 5.46. The highest BCUT2D eigenvalue weighted by atomic mass is 35.5. The number of nitrogens with one attached hydrogen (secondary N) is 1. The van der Waals surface area contributed by atoms with Gasteiger partial charge in [-0.3, -0.25) is 4.72 Å². The number of rotatable bonds is 3. The first-order chi connectivity index (χ1) is 9.40. The van der Waals surface area contributed by atoms with Gasteiger partial charge in [0.25, 0.3) is 10.0 Å². The molecule has 0 heterocycles. The zero-order valence-electron chi connectivity index (χ0n) is 10.1. The number of sulfonamides is 1. The van der Waals surface area contributed by atoms with E-state index >= 15 is 0 Å². The molecule has 0 aliphatic rings. The normalized spacial score (nSPS) is 10.8. The average Bonchev–Trinajstić information content (AvgIpc) is 2.37. The summed E-state index contributed by atoms with van der Waals surface area (Å²) in [5.41, 5.74) is 0.950. The van der Waals surface area contributed by atoms with Gasteiger partial charge in [0, 0.05) is 15.6 Å². The predicted octanol–water partition coefficient (Wildman–Crippen LogP) is 3.78. The fourth-order valence-electron chi connectivity index (χ4n) is 1.57. The Balaban J connectivity index is 2.38. The smallest absolute Gasteiger partial charge is 0.261 e. The van der Waals surface area contributed by atoms with Gasteiger partial charge in [0.05, 0.1) is 10.6 Å². The van der Waals surface area contributed by atoms with Gasteiger partial charge >= 0.3 is 0 Å². The highest BCUT2D eigenvalue weighted by Crippen LogP contribution is 2.24. The molecule has 3 nitrogen and oxygen atoms in total. The highest BCUT2D eigenvalue weighted by molar-refractivity contribution is 7.92. The summed E-state index contributed by atoms with van der Waals surface area (Å²) in [7, 11) is -3.77. The van der Waals surface area contributed by atoms with Gasteiger partial charge < -0.3 is 0 Å². The van der Waals surface area contributed by atoms with Crippen LogP contribution >= 0.6 is 23.2 Å². The van der Waals surface area contributed by atoms with Crippen molar-refractivity contribution in [3.05, 3.63) is 58.1 Å². The van der Waals surface area contributed by atoms with Gasteiger partial charge in [0.15, 0.2) is 0 Å². The first-order valence-corrected chi connectivity index (χ1v) is 7.70. The van der Waals surface area contributed by atoms with Gasteiger partial charge in [-0.05, 0) is 36.4 Å². The lowest BCUT2D eigenvalue weighted by molar-refractivity contribution is 0.601. The SMILES string of the molecule is C#Cc1cccc(NS(=O)(=O)c2cc(Cl)cc(Cl)c2)c1. The second kappa shape index (κ2) is 5.76. The van der Waals surface area contributed by atoms with Crippen molar-refractivity contribution in [2.45, 2.75) is 4.90 Å². The van der Waals surface area contributed by atoms with Crippen LogP contribution in [-0.4, -0.2) is 8.42 Å². The number of halogens is 2. The van der Waals surface area contributed by atoms with E-state index in [0.717, 1.165) is 0 Å². The van der Waals surface area contributed by atoms with E-state index in [9.17, 15) is 8.42 Å². The Morgan fingerprint density at radius 1 is 1.05 bits per heavy atom. The van der Waals surface area contributed by atoms with Crippen molar-refractivity contribution < 1.29 is 8.42 Å². The van der Waals surface area contributed by atoms with Gasteiger partial charge in [0.1, 0.15) is 0 Å². The molecule has 0 spiro atoms. The Labute approximate surface area is 127 Å². The first kappa shape index (κ1) is 14.7. The third kappa shape index (κ3) is 3.45. The quantitative estimate of drug-likeness (QED) is 0.873. The van der Waals surface area contributed by atoms with Crippen LogP contribution in [0.2, 0.25) is 10.0 Å². The lowest BCUT2D eigenvalue weighted by Crippen LogP contribution is -2.13. The molecule has 0 aliphatic heterocycles. The summed E-state index contributed by atoms with van der Waals surface area (Å²) in [6.07, 6.45) is 5.27. The van der Waals surface area contributed by atoms with E-state index in [1.807, 2.05) is 0 Å². The van der Waals surface area contributed by atoms with Crippen molar-refractivity contribution in [2.75, 3.05) is 4.72 Å². The van der Waals surface area contributed by atoms with E-state index in [1.54, 1.807) is 24.3 Å². The van der Waals surface area contributed by atoms with Crippen LogP contribution in [0, 0.1) is 12.3 Å². The fourth-order valence-corrected chi connectivity index (χ4v) is 3.35. The molecule has 0 bridgehead atoms. The molecule has 0 saturated carbocycles. The molecule has 0 fully saturated rings. The summed E-state index contributed by atoms with van der Waals surface area (Å²) >= 11 is 11.6. The molecular weight excluding hydrogens is 317 g/mol. The number of benzene rings is 2. The zero-order chi connectivity index (χ0) is 14.8. The minimum absolute atomic E-state index is 0.0129. The van der Waals surface area contributed by atoms with E-state index in [4.69, 9.17) is 29.6 Å². The van der Waals surface area contributed by atoms with Gasteiger partial charge in [-0.1, -0.05) is 35.2 Å². The maximum Gasteiger partial charge on any atom is 0.261 e. The van der Waals surface area contributed by atoms with E-state index in [1.165, 1.54) is 18.2 Å². The van der Waals surface area contributed by atoms with E-state index < -0.39 is 10.0 Å². The van der Waals surface area contributed by atoms with Crippen LogP contribution in [0.3, 0.4) is 0 Å². The molecule has 2 rings (SSSR count). The molecule has 1 N–H and O–H groups in total. The maximum atomic E-state index is 12.2. The third-order valence-electron chi connectivity index (χ3n) is 2.43. The maximum absolute atomic E-state index is 12.2. The molecule has 6 heteroatoms. The van der Waals surface area contributed by atoms with Crippen LogP contribution in [0.25, 0.3) is 0 Å². The monoisotopic (exact) mass is 325 g/mol. The van der Waals surface area contributed by atoms with Gasteiger partial charge in [0.2, 0.25) is 0 Å². The lowest BCUT2D eigenvalue weighted by Gasteiger charge is -2.09. The van der Waals surface area contributed by atoms with Crippen molar-refractivity contribution in [1.29, 1.82) is 0 Å². The topological polar surface area (TPSA) is 46.2 Å². The van der Waals surface area contributed by atoms with E-state index in [0.29, 0.717) is 11.3 Å². The summed E-state index contributed by atoms with van der Waals surface area (Å²) in [5, 5.41) is 0.491. The standard InChI is InChI=1S/C14H9Cl2NO2S/c1-2-10-4-3-5-13(6-10)17-20(18,19)14-8-11(15)7-12(16)9-14/h1,3-9,17H. The van der Waals surface area contributed by atoms with Crippen LogP contribution in [0.1, 0.15) is 5.56 Å². The Kier molecular flexibility index (Phi) is 4.24. The molecule has 0 atom stereocenters. The summed E-state index contributed by atoms with van der Waals surface area (Å²) in [6, 6.07) is 10.6. The minimum Gasteiger partial charge on any atom is -0.280 e. The van der Waals surface area contributed by atoms with Crippen molar-refractivity contribution in [2.24, 2.45) is 0 Å². The average molecular weight is 326 g/mol. The third-order valence-corrected chi connectivity index (χ3v) is 4.22. The largest absolute Gasteiger partial charge is 0.280 e. The molecule has 102 valence electrons. The zero-order valence-corrected chi connectivity index (χ0v) is 12.4. The second-order valence-electron chi connectivity index (χ2n) is 3.94. The summed E-state index contributed by atoms with van der Waals surface area (Å²) in [6.45, 7) is 0. The molecule has 0 saturated heterocycles. The van der Waals surface area contributed by atoms with Crippen molar-refractivity contribution in [1.82, 2.24) is 0 Å². The predicted molar refractivity (Wildman–Crippen MR) is 81.6 cm³/mol. The molecule has 0 amide bonds. The van der Waals surface area contributed by atoms with Gasteiger partial charge in [-0.15, -0.1) is 6.42 Å². The van der Waals surface area contributed by atoms with Crippen molar-refractivity contribution in [3.63, 3.8) is 0 Å². The van der Waals surface area contributed by atoms with Crippen LogP contribution in [0.15, 0.2) is 47.4 Å².